The summed E-state index contributed by atoms with van der Waals surface area (Å²) in [5, 5.41) is 16.4. The van der Waals surface area contributed by atoms with Crippen molar-refractivity contribution in [2.24, 2.45) is 5.73 Å². The smallest absolute Gasteiger partial charge is 0.341 e. The highest BCUT2D eigenvalue weighted by Crippen LogP contribution is 1.95. The van der Waals surface area contributed by atoms with Crippen molar-refractivity contribution in [2.75, 3.05) is 13.2 Å². The van der Waals surface area contributed by atoms with Crippen molar-refractivity contribution >= 4 is 23.9 Å². The Kier molecular flexibility index (Phi) is 6.26. The van der Waals surface area contributed by atoms with Crippen molar-refractivity contribution in [3.8, 4) is 0 Å². The molecule has 0 heterocycles. The molecule has 0 aromatic heterocycles. The fourth-order valence-electron chi connectivity index (χ4n) is 0.704. The van der Waals surface area contributed by atoms with E-state index in [-0.39, 0.29) is 0 Å². The lowest BCUT2D eigenvalue weighted by Crippen LogP contribution is -2.36. The first-order valence-corrected chi connectivity index (χ1v) is 4.34. The fraction of sp³-hybridized carbons (Fsp3) is 0.500. The van der Waals surface area contributed by atoms with Gasteiger partial charge in [0, 0.05) is 0 Å². The van der Waals surface area contributed by atoms with Gasteiger partial charge in [-0.15, -0.1) is 0 Å². The number of carboxylic acids is 2. The van der Waals surface area contributed by atoms with Crippen LogP contribution in [0.4, 0.5) is 0 Å². The molecule has 0 radical (unpaired) electrons. The first kappa shape index (κ1) is 14.8. The Morgan fingerprint density at radius 3 is 1.94 bits per heavy atom. The molecule has 0 aliphatic carbocycles. The molecule has 0 rings (SSSR count). The maximum absolute atomic E-state index is 11.0. The Bertz CT molecular complexity index is 325. The van der Waals surface area contributed by atoms with Gasteiger partial charge in [-0.3, -0.25) is 9.59 Å². The van der Waals surface area contributed by atoms with E-state index in [0.717, 1.165) is 0 Å². The highest BCUT2D eigenvalue weighted by molar-refractivity contribution is 5.84. The summed E-state index contributed by atoms with van der Waals surface area (Å²) in [4.78, 5) is 42.0. The summed E-state index contributed by atoms with van der Waals surface area (Å²) in [5.74, 6) is -4.79. The van der Waals surface area contributed by atoms with Crippen LogP contribution >= 0.6 is 0 Å². The van der Waals surface area contributed by atoms with Crippen LogP contribution in [0.1, 0.15) is 6.42 Å². The van der Waals surface area contributed by atoms with Crippen LogP contribution in [0, 0.1) is 0 Å². The number of aliphatic carboxylic acids is 2. The maximum Gasteiger partial charge on any atom is 0.341 e. The van der Waals surface area contributed by atoms with Crippen molar-refractivity contribution in [1.82, 2.24) is 0 Å². The predicted octanol–water partition coefficient (Wildman–Crippen LogP) is -2.04. The van der Waals surface area contributed by atoms with E-state index in [4.69, 9.17) is 15.9 Å². The Morgan fingerprint density at radius 2 is 1.47 bits per heavy atom. The van der Waals surface area contributed by atoms with E-state index in [2.05, 4.69) is 9.47 Å². The second kappa shape index (κ2) is 7.17. The Labute approximate surface area is 95.1 Å². The monoisotopic (exact) mass is 249 g/mol. The standard InChI is InChI=1S/C8H11NO8/c9-4(8(15)17-3-6(12)13)1-7(14)16-2-5(10)11/h4H,1-3,9H2,(H,10,11)(H,12,13)/t4-/m0/s1. The normalized spacial score (nSPS) is 11.4. The first-order valence-electron chi connectivity index (χ1n) is 4.34. The molecule has 9 heteroatoms. The summed E-state index contributed by atoms with van der Waals surface area (Å²) in [6.45, 7) is -1.70. The molecule has 4 N–H and O–H groups in total. The second-order valence-electron chi connectivity index (χ2n) is 2.87. The van der Waals surface area contributed by atoms with E-state index >= 15 is 0 Å². The average Bonchev–Trinajstić information content (AvgIpc) is 2.22. The van der Waals surface area contributed by atoms with Gasteiger partial charge < -0.3 is 25.4 Å². The molecule has 0 aromatic carbocycles. The van der Waals surface area contributed by atoms with Gasteiger partial charge >= 0.3 is 23.9 Å². The van der Waals surface area contributed by atoms with E-state index in [1.165, 1.54) is 0 Å². The summed E-state index contributed by atoms with van der Waals surface area (Å²) in [5.41, 5.74) is 5.19. The lowest BCUT2D eigenvalue weighted by Gasteiger charge is -2.09. The number of hydrogen-bond donors (Lipinski definition) is 3. The number of hydrogen-bond acceptors (Lipinski definition) is 7. The average molecular weight is 249 g/mol. The molecule has 0 saturated carbocycles. The largest absolute Gasteiger partial charge is 0.479 e. The number of ether oxygens (including phenoxy) is 2. The maximum atomic E-state index is 11.0. The van der Waals surface area contributed by atoms with E-state index < -0.39 is 49.6 Å². The molecule has 0 spiro atoms. The summed E-state index contributed by atoms with van der Waals surface area (Å²) >= 11 is 0. The van der Waals surface area contributed by atoms with Crippen LogP contribution in [0.15, 0.2) is 0 Å². The molecule has 1 atom stereocenters. The van der Waals surface area contributed by atoms with E-state index in [0.29, 0.717) is 0 Å². The molecule has 0 aliphatic heterocycles. The van der Waals surface area contributed by atoms with Gasteiger partial charge in [0.2, 0.25) is 0 Å². The number of esters is 2. The minimum Gasteiger partial charge on any atom is -0.479 e. The molecule has 0 saturated heterocycles. The third kappa shape index (κ3) is 7.73. The van der Waals surface area contributed by atoms with Crippen molar-refractivity contribution in [3.05, 3.63) is 0 Å². The highest BCUT2D eigenvalue weighted by Gasteiger charge is 2.21. The number of nitrogens with two attached hydrogens (primary N) is 1. The van der Waals surface area contributed by atoms with Crippen LogP contribution in [0.5, 0.6) is 0 Å². The highest BCUT2D eigenvalue weighted by atomic mass is 16.6. The van der Waals surface area contributed by atoms with Crippen molar-refractivity contribution in [2.45, 2.75) is 12.5 Å². The van der Waals surface area contributed by atoms with Crippen LogP contribution < -0.4 is 5.73 Å². The third-order valence-electron chi connectivity index (χ3n) is 1.38. The van der Waals surface area contributed by atoms with Crippen LogP contribution in [0.2, 0.25) is 0 Å². The van der Waals surface area contributed by atoms with Gasteiger partial charge in [-0.2, -0.15) is 0 Å². The predicted molar refractivity (Wildman–Crippen MR) is 49.8 cm³/mol. The number of carbonyl (C=O) groups is 4. The Balaban J connectivity index is 3.94. The Morgan fingerprint density at radius 1 is 1.00 bits per heavy atom. The van der Waals surface area contributed by atoms with Crippen LogP contribution in [-0.2, 0) is 28.7 Å². The van der Waals surface area contributed by atoms with Gasteiger partial charge in [-0.1, -0.05) is 0 Å². The van der Waals surface area contributed by atoms with Crippen LogP contribution in [0.25, 0.3) is 0 Å². The lowest BCUT2D eigenvalue weighted by atomic mass is 10.2. The van der Waals surface area contributed by atoms with E-state index in [1.807, 2.05) is 0 Å². The van der Waals surface area contributed by atoms with Gasteiger partial charge in [0.1, 0.15) is 6.04 Å². The second-order valence-corrected chi connectivity index (χ2v) is 2.87. The zero-order valence-corrected chi connectivity index (χ0v) is 8.62. The van der Waals surface area contributed by atoms with Gasteiger partial charge in [0.15, 0.2) is 13.2 Å². The van der Waals surface area contributed by atoms with E-state index in [9.17, 15) is 19.2 Å². The molecule has 0 aromatic rings. The van der Waals surface area contributed by atoms with Crippen LogP contribution in [0.3, 0.4) is 0 Å². The zero-order chi connectivity index (χ0) is 13.4. The molecule has 0 bridgehead atoms. The summed E-state index contributed by atoms with van der Waals surface area (Å²) in [6, 6.07) is -1.39. The van der Waals surface area contributed by atoms with Gasteiger partial charge in [0.25, 0.3) is 0 Å². The summed E-state index contributed by atoms with van der Waals surface area (Å²) in [7, 11) is 0. The van der Waals surface area contributed by atoms with Crippen LogP contribution in [-0.4, -0.2) is 53.3 Å². The molecule has 17 heavy (non-hydrogen) atoms. The molecular formula is C8H11NO8. The molecule has 0 fully saturated rings. The zero-order valence-electron chi connectivity index (χ0n) is 8.62. The molecule has 96 valence electrons. The minimum absolute atomic E-state index is 0.592. The van der Waals surface area contributed by atoms with Gasteiger partial charge in [0.05, 0.1) is 6.42 Å². The van der Waals surface area contributed by atoms with Crippen molar-refractivity contribution in [1.29, 1.82) is 0 Å². The minimum atomic E-state index is -1.39. The van der Waals surface area contributed by atoms with Gasteiger partial charge in [-0.05, 0) is 0 Å². The number of carboxylic acid groups (broad SMARTS) is 2. The number of carbonyl (C=O) groups excluding carboxylic acids is 2. The SMILES string of the molecule is N[C@@H](CC(=O)OCC(=O)O)C(=O)OCC(=O)O. The lowest BCUT2D eigenvalue weighted by molar-refractivity contribution is -0.159. The van der Waals surface area contributed by atoms with E-state index in [1.54, 1.807) is 0 Å². The third-order valence-corrected chi connectivity index (χ3v) is 1.38. The Hall–Kier alpha value is -2.16. The number of rotatable bonds is 7. The molecule has 0 unspecified atom stereocenters. The summed E-state index contributed by atoms with van der Waals surface area (Å²) < 4.78 is 8.41. The van der Waals surface area contributed by atoms with Crippen molar-refractivity contribution < 1.29 is 38.9 Å². The summed E-state index contributed by atoms with van der Waals surface area (Å²) in [6.07, 6.45) is -0.592. The first-order chi connectivity index (χ1) is 7.82. The molecule has 9 nitrogen and oxygen atoms in total. The fourth-order valence-corrected chi connectivity index (χ4v) is 0.704. The van der Waals surface area contributed by atoms with Crippen molar-refractivity contribution in [3.63, 3.8) is 0 Å². The van der Waals surface area contributed by atoms with Gasteiger partial charge in [-0.25, -0.2) is 9.59 Å². The molecule has 0 amide bonds. The molecular weight excluding hydrogens is 238 g/mol. The topological polar surface area (TPSA) is 153 Å². The quantitative estimate of drug-likeness (QED) is 0.433. The molecule has 0 aliphatic rings.